The van der Waals surface area contributed by atoms with Crippen molar-refractivity contribution in [1.82, 2.24) is 4.98 Å². The largest absolute Gasteiger partial charge is 0.475 e. The first-order chi connectivity index (χ1) is 9.58. The van der Waals surface area contributed by atoms with Gasteiger partial charge in [-0.3, -0.25) is 4.79 Å². The predicted molar refractivity (Wildman–Crippen MR) is 77.7 cm³/mol. The van der Waals surface area contributed by atoms with Crippen LogP contribution in [0.1, 0.15) is 20.3 Å². The lowest BCUT2D eigenvalue weighted by atomic mass is 9.99. The third-order valence-corrected chi connectivity index (χ3v) is 3.10. The number of hydrogen-bond donors (Lipinski definition) is 2. The lowest BCUT2D eigenvalue weighted by molar-refractivity contribution is -0.118. The standard InChI is InChI=1S/C14H23N3O3/c1-4-10(2)13(15)14(18)17-11-5-6-12(16-9-11)20-8-7-19-3/h5-6,9-10,13H,4,7-8,15H2,1-3H3,(H,17,18). The maximum absolute atomic E-state index is 11.9. The van der Waals surface area contributed by atoms with Crippen molar-refractivity contribution in [1.29, 1.82) is 0 Å². The molecule has 1 aromatic rings. The van der Waals surface area contributed by atoms with E-state index in [1.54, 1.807) is 25.4 Å². The molecule has 1 aromatic heterocycles. The SMILES string of the molecule is CCC(C)C(N)C(=O)Nc1ccc(OCCOC)nc1. The molecule has 1 amide bonds. The lowest BCUT2D eigenvalue weighted by Gasteiger charge is -2.17. The van der Waals surface area contributed by atoms with Crippen LogP contribution >= 0.6 is 0 Å². The topological polar surface area (TPSA) is 86.5 Å². The fraction of sp³-hybridized carbons (Fsp3) is 0.571. The maximum atomic E-state index is 11.9. The van der Waals surface area contributed by atoms with Gasteiger partial charge < -0.3 is 20.5 Å². The van der Waals surface area contributed by atoms with E-state index in [-0.39, 0.29) is 11.8 Å². The van der Waals surface area contributed by atoms with E-state index in [0.29, 0.717) is 24.8 Å². The molecule has 0 spiro atoms. The second-order valence-electron chi connectivity index (χ2n) is 4.63. The average Bonchev–Trinajstić information content (AvgIpc) is 2.47. The second-order valence-corrected chi connectivity index (χ2v) is 4.63. The number of nitrogens with two attached hydrogens (primary N) is 1. The molecule has 6 heteroatoms. The van der Waals surface area contributed by atoms with E-state index in [4.69, 9.17) is 15.2 Å². The Labute approximate surface area is 119 Å². The molecule has 0 radical (unpaired) electrons. The number of pyridine rings is 1. The highest BCUT2D eigenvalue weighted by Crippen LogP contribution is 2.13. The van der Waals surface area contributed by atoms with Gasteiger partial charge in [-0.25, -0.2) is 4.98 Å². The van der Waals surface area contributed by atoms with Gasteiger partial charge in [0.15, 0.2) is 0 Å². The Hall–Kier alpha value is -1.66. The van der Waals surface area contributed by atoms with Crippen molar-refractivity contribution in [2.75, 3.05) is 25.6 Å². The molecule has 0 saturated heterocycles. The van der Waals surface area contributed by atoms with Gasteiger partial charge in [0.1, 0.15) is 6.61 Å². The third-order valence-electron chi connectivity index (χ3n) is 3.10. The Kier molecular flexibility index (Phi) is 6.97. The van der Waals surface area contributed by atoms with E-state index in [1.807, 2.05) is 13.8 Å². The number of rotatable bonds is 8. The number of amides is 1. The average molecular weight is 281 g/mol. The minimum Gasteiger partial charge on any atom is -0.475 e. The number of nitrogens with one attached hydrogen (secondary N) is 1. The molecule has 3 N–H and O–H groups in total. The summed E-state index contributed by atoms with van der Waals surface area (Å²) in [5, 5.41) is 2.74. The minimum atomic E-state index is -0.516. The molecule has 0 bridgehead atoms. The first-order valence-corrected chi connectivity index (χ1v) is 6.72. The van der Waals surface area contributed by atoms with Crippen molar-refractivity contribution in [3.05, 3.63) is 18.3 Å². The molecular weight excluding hydrogens is 258 g/mol. The van der Waals surface area contributed by atoms with Crippen molar-refractivity contribution in [3.63, 3.8) is 0 Å². The third kappa shape index (κ3) is 5.14. The summed E-state index contributed by atoms with van der Waals surface area (Å²) in [4.78, 5) is 16.0. The number of methoxy groups -OCH3 is 1. The molecular formula is C14H23N3O3. The normalized spacial score (nSPS) is 13.6. The van der Waals surface area contributed by atoms with Gasteiger partial charge in [-0.15, -0.1) is 0 Å². The first-order valence-electron chi connectivity index (χ1n) is 6.72. The van der Waals surface area contributed by atoms with Gasteiger partial charge in [0, 0.05) is 13.2 Å². The van der Waals surface area contributed by atoms with Crippen molar-refractivity contribution in [2.45, 2.75) is 26.3 Å². The number of carbonyl (C=O) groups is 1. The summed E-state index contributed by atoms with van der Waals surface area (Å²) in [5.74, 6) is 0.431. The molecule has 6 nitrogen and oxygen atoms in total. The Morgan fingerprint density at radius 2 is 2.20 bits per heavy atom. The van der Waals surface area contributed by atoms with Crippen LogP contribution in [0.15, 0.2) is 18.3 Å². The van der Waals surface area contributed by atoms with Crippen LogP contribution in [0.5, 0.6) is 5.88 Å². The fourth-order valence-electron chi connectivity index (χ4n) is 1.51. The van der Waals surface area contributed by atoms with Crippen LogP contribution in [0.3, 0.4) is 0 Å². The first kappa shape index (κ1) is 16.4. The Bertz CT molecular complexity index is 409. The molecule has 0 aliphatic carbocycles. The summed E-state index contributed by atoms with van der Waals surface area (Å²) >= 11 is 0. The fourth-order valence-corrected chi connectivity index (χ4v) is 1.51. The van der Waals surface area contributed by atoms with Crippen molar-refractivity contribution in [2.24, 2.45) is 11.7 Å². The zero-order valence-corrected chi connectivity index (χ0v) is 12.3. The van der Waals surface area contributed by atoms with E-state index in [2.05, 4.69) is 10.3 Å². The van der Waals surface area contributed by atoms with Crippen LogP contribution in [0.25, 0.3) is 0 Å². The molecule has 2 atom stereocenters. The minimum absolute atomic E-state index is 0.139. The number of hydrogen-bond acceptors (Lipinski definition) is 5. The molecule has 0 aromatic carbocycles. The number of anilines is 1. The number of carbonyl (C=O) groups excluding carboxylic acids is 1. The van der Waals surface area contributed by atoms with Crippen LogP contribution in [-0.2, 0) is 9.53 Å². The number of nitrogens with zero attached hydrogens (tertiary/aromatic N) is 1. The second kappa shape index (κ2) is 8.50. The lowest BCUT2D eigenvalue weighted by Crippen LogP contribution is -2.40. The zero-order chi connectivity index (χ0) is 15.0. The van der Waals surface area contributed by atoms with E-state index < -0.39 is 6.04 Å². The monoisotopic (exact) mass is 281 g/mol. The van der Waals surface area contributed by atoms with Gasteiger partial charge in [0.2, 0.25) is 11.8 Å². The van der Waals surface area contributed by atoms with Crippen LogP contribution in [0, 0.1) is 5.92 Å². The molecule has 1 rings (SSSR count). The van der Waals surface area contributed by atoms with Crippen molar-refractivity contribution < 1.29 is 14.3 Å². The van der Waals surface area contributed by atoms with Crippen LogP contribution in [0.2, 0.25) is 0 Å². The van der Waals surface area contributed by atoms with Gasteiger partial charge in [-0.2, -0.15) is 0 Å². The van der Waals surface area contributed by atoms with Gasteiger partial charge in [-0.05, 0) is 12.0 Å². The van der Waals surface area contributed by atoms with Gasteiger partial charge in [-0.1, -0.05) is 20.3 Å². The summed E-state index contributed by atoms with van der Waals surface area (Å²) in [6, 6.07) is 2.91. The van der Waals surface area contributed by atoms with Crippen LogP contribution < -0.4 is 15.8 Å². The summed E-state index contributed by atoms with van der Waals surface area (Å²) in [5.41, 5.74) is 6.46. The zero-order valence-electron chi connectivity index (χ0n) is 12.3. The summed E-state index contributed by atoms with van der Waals surface area (Å²) in [7, 11) is 1.61. The van der Waals surface area contributed by atoms with Crippen molar-refractivity contribution in [3.8, 4) is 5.88 Å². The highest BCUT2D eigenvalue weighted by Gasteiger charge is 2.19. The Morgan fingerprint density at radius 1 is 1.45 bits per heavy atom. The van der Waals surface area contributed by atoms with Crippen LogP contribution in [-0.4, -0.2) is 37.3 Å². The Balaban J connectivity index is 2.50. The number of ether oxygens (including phenoxy) is 2. The molecule has 112 valence electrons. The van der Waals surface area contributed by atoms with Crippen LogP contribution in [0.4, 0.5) is 5.69 Å². The van der Waals surface area contributed by atoms with Gasteiger partial charge in [0.25, 0.3) is 0 Å². The van der Waals surface area contributed by atoms with Gasteiger partial charge in [0.05, 0.1) is 24.5 Å². The number of aromatic nitrogens is 1. The van der Waals surface area contributed by atoms with Gasteiger partial charge >= 0.3 is 0 Å². The van der Waals surface area contributed by atoms with E-state index >= 15 is 0 Å². The van der Waals surface area contributed by atoms with E-state index in [1.165, 1.54) is 0 Å². The molecule has 0 fully saturated rings. The highest BCUT2D eigenvalue weighted by molar-refractivity contribution is 5.94. The van der Waals surface area contributed by atoms with Crippen molar-refractivity contribution >= 4 is 11.6 Å². The van der Waals surface area contributed by atoms with E-state index in [9.17, 15) is 4.79 Å². The molecule has 0 aliphatic rings. The highest BCUT2D eigenvalue weighted by atomic mass is 16.5. The smallest absolute Gasteiger partial charge is 0.241 e. The molecule has 1 heterocycles. The molecule has 0 saturated carbocycles. The predicted octanol–water partition coefficient (Wildman–Crippen LogP) is 1.42. The Morgan fingerprint density at radius 3 is 2.75 bits per heavy atom. The molecule has 2 unspecified atom stereocenters. The summed E-state index contributed by atoms with van der Waals surface area (Å²) in [6.07, 6.45) is 2.41. The molecule has 0 aliphatic heterocycles. The molecule has 20 heavy (non-hydrogen) atoms. The van der Waals surface area contributed by atoms with E-state index in [0.717, 1.165) is 6.42 Å². The summed E-state index contributed by atoms with van der Waals surface area (Å²) < 4.78 is 10.2. The quantitative estimate of drug-likeness (QED) is 0.704. The maximum Gasteiger partial charge on any atom is 0.241 e. The summed E-state index contributed by atoms with van der Waals surface area (Å²) in [6.45, 7) is 4.90.